The van der Waals surface area contributed by atoms with E-state index < -0.39 is 0 Å². The molecule has 0 aliphatic carbocycles. The van der Waals surface area contributed by atoms with E-state index in [1.165, 1.54) is 4.90 Å². The van der Waals surface area contributed by atoms with Crippen LogP contribution < -0.4 is 4.90 Å². The van der Waals surface area contributed by atoms with Gasteiger partial charge in [0.1, 0.15) is 5.69 Å². The minimum Gasteiger partial charge on any atom is -0.360 e. The van der Waals surface area contributed by atoms with Gasteiger partial charge in [0, 0.05) is 13.2 Å². The Labute approximate surface area is 87.0 Å². The Morgan fingerprint density at radius 3 is 2.73 bits per heavy atom. The van der Waals surface area contributed by atoms with Gasteiger partial charge in [-0.25, -0.2) is 0 Å². The summed E-state index contributed by atoms with van der Waals surface area (Å²) >= 11 is 0. The van der Waals surface area contributed by atoms with Crippen LogP contribution >= 0.6 is 0 Å². The van der Waals surface area contributed by atoms with Crippen LogP contribution in [0.4, 0.5) is 5.82 Å². The van der Waals surface area contributed by atoms with E-state index in [4.69, 9.17) is 5.26 Å². The highest BCUT2D eigenvalue weighted by molar-refractivity contribution is 5.55. The molecule has 0 amide bonds. The first-order chi connectivity index (χ1) is 7.31. The molecule has 0 aromatic carbocycles. The van der Waals surface area contributed by atoms with E-state index >= 15 is 0 Å². The van der Waals surface area contributed by atoms with Crippen molar-refractivity contribution in [1.29, 1.82) is 5.26 Å². The van der Waals surface area contributed by atoms with E-state index in [9.17, 15) is 0 Å². The molecule has 0 aliphatic rings. The second kappa shape index (κ2) is 3.80. The van der Waals surface area contributed by atoms with Crippen LogP contribution in [0.1, 0.15) is 0 Å². The summed E-state index contributed by atoms with van der Waals surface area (Å²) in [5, 5.41) is 16.6. The summed E-state index contributed by atoms with van der Waals surface area (Å²) in [5.41, 5.74) is 1.67. The largest absolute Gasteiger partial charge is 0.360 e. The third-order valence-electron chi connectivity index (χ3n) is 2.02. The third-order valence-corrected chi connectivity index (χ3v) is 2.02. The van der Waals surface area contributed by atoms with Crippen molar-refractivity contribution in [2.45, 2.75) is 0 Å². The molecule has 0 saturated carbocycles. The number of hydrogen-bond donors (Lipinski definition) is 1. The lowest BCUT2D eigenvalue weighted by Gasteiger charge is -2.06. The molecule has 0 radical (unpaired) electrons. The van der Waals surface area contributed by atoms with Gasteiger partial charge in [-0.1, -0.05) is 0 Å². The van der Waals surface area contributed by atoms with E-state index in [1.54, 1.807) is 13.1 Å². The monoisotopic (exact) mass is 199 g/mol. The van der Waals surface area contributed by atoms with Crippen LogP contribution in [0.5, 0.6) is 0 Å². The van der Waals surface area contributed by atoms with Gasteiger partial charge in [0.15, 0.2) is 12.0 Å². The van der Waals surface area contributed by atoms with E-state index in [-0.39, 0.29) is 0 Å². The lowest BCUT2D eigenvalue weighted by atomic mass is 10.3. The van der Waals surface area contributed by atoms with E-state index in [2.05, 4.69) is 15.2 Å². The fourth-order valence-corrected chi connectivity index (χ4v) is 1.19. The standard InChI is InChI=1S/C10H9N5/c1-15(7-11)10-5-4-9(13-14-10)8-3-2-6-12-8/h2-6,12H,1H3. The molecule has 2 aromatic heterocycles. The van der Waals surface area contributed by atoms with Gasteiger partial charge in [-0.05, 0) is 24.3 Å². The molecule has 2 heterocycles. The van der Waals surface area contributed by atoms with Crippen molar-refractivity contribution in [1.82, 2.24) is 15.2 Å². The first-order valence-electron chi connectivity index (χ1n) is 4.42. The molecule has 0 saturated heterocycles. The van der Waals surface area contributed by atoms with Gasteiger partial charge in [0.25, 0.3) is 0 Å². The molecule has 0 atom stereocenters. The van der Waals surface area contributed by atoms with Crippen molar-refractivity contribution in [3.63, 3.8) is 0 Å². The third kappa shape index (κ3) is 1.79. The number of nitrogens with zero attached hydrogens (tertiary/aromatic N) is 4. The zero-order valence-electron chi connectivity index (χ0n) is 8.18. The van der Waals surface area contributed by atoms with Crippen molar-refractivity contribution >= 4 is 5.82 Å². The summed E-state index contributed by atoms with van der Waals surface area (Å²) in [6.45, 7) is 0. The summed E-state index contributed by atoms with van der Waals surface area (Å²) in [4.78, 5) is 4.39. The van der Waals surface area contributed by atoms with Gasteiger partial charge in [0.2, 0.25) is 0 Å². The summed E-state index contributed by atoms with van der Waals surface area (Å²) in [7, 11) is 1.64. The zero-order valence-corrected chi connectivity index (χ0v) is 8.18. The number of aromatic nitrogens is 3. The Balaban J connectivity index is 2.30. The van der Waals surface area contributed by atoms with Crippen molar-refractivity contribution < 1.29 is 0 Å². The fraction of sp³-hybridized carbons (Fsp3) is 0.100. The molecule has 5 heteroatoms. The number of nitriles is 1. The summed E-state index contributed by atoms with van der Waals surface area (Å²) in [5.74, 6) is 0.535. The number of nitrogens with one attached hydrogen (secondary N) is 1. The summed E-state index contributed by atoms with van der Waals surface area (Å²) < 4.78 is 0. The topological polar surface area (TPSA) is 68.6 Å². The molecular formula is C10H9N5. The summed E-state index contributed by atoms with van der Waals surface area (Å²) in [6, 6.07) is 7.39. The van der Waals surface area contributed by atoms with Gasteiger partial charge in [-0.2, -0.15) is 5.26 Å². The second-order valence-electron chi connectivity index (χ2n) is 3.02. The van der Waals surface area contributed by atoms with Crippen molar-refractivity contribution in [3.05, 3.63) is 30.5 Å². The lowest BCUT2D eigenvalue weighted by molar-refractivity contribution is 0.990. The maximum atomic E-state index is 8.64. The first kappa shape index (κ1) is 9.21. The minimum atomic E-state index is 0.535. The first-order valence-corrected chi connectivity index (χ1v) is 4.42. The predicted octanol–water partition coefficient (Wildman–Crippen LogP) is 1.39. The van der Waals surface area contributed by atoms with Crippen LogP contribution in [0.2, 0.25) is 0 Å². The highest BCUT2D eigenvalue weighted by atomic mass is 15.2. The van der Waals surface area contributed by atoms with Gasteiger partial charge >= 0.3 is 0 Å². The van der Waals surface area contributed by atoms with Crippen LogP contribution in [-0.2, 0) is 0 Å². The number of aromatic amines is 1. The van der Waals surface area contributed by atoms with Crippen LogP contribution in [0.3, 0.4) is 0 Å². The smallest absolute Gasteiger partial charge is 0.185 e. The minimum absolute atomic E-state index is 0.535. The lowest BCUT2D eigenvalue weighted by Crippen LogP contribution is -2.10. The number of hydrogen-bond acceptors (Lipinski definition) is 4. The highest BCUT2D eigenvalue weighted by Crippen LogP contribution is 2.15. The quantitative estimate of drug-likeness (QED) is 0.586. The zero-order chi connectivity index (χ0) is 10.7. The van der Waals surface area contributed by atoms with Gasteiger partial charge < -0.3 is 4.98 Å². The maximum absolute atomic E-state index is 8.64. The Kier molecular flexibility index (Phi) is 2.33. The fourth-order valence-electron chi connectivity index (χ4n) is 1.19. The van der Waals surface area contributed by atoms with Gasteiger partial charge in [0.05, 0.1) is 5.69 Å². The molecule has 0 unspecified atom stereocenters. The van der Waals surface area contributed by atoms with Crippen molar-refractivity contribution in [3.8, 4) is 17.6 Å². The van der Waals surface area contributed by atoms with Crippen molar-refractivity contribution in [2.75, 3.05) is 11.9 Å². The number of anilines is 1. The molecule has 74 valence electrons. The molecule has 1 N–H and O–H groups in total. The maximum Gasteiger partial charge on any atom is 0.185 e. The molecule has 0 spiro atoms. The van der Waals surface area contributed by atoms with E-state index in [1.807, 2.05) is 30.6 Å². The highest BCUT2D eigenvalue weighted by Gasteiger charge is 2.03. The molecule has 0 fully saturated rings. The average Bonchev–Trinajstić information content (AvgIpc) is 2.82. The Morgan fingerprint density at radius 2 is 2.20 bits per heavy atom. The van der Waals surface area contributed by atoms with Gasteiger partial charge in [-0.15, -0.1) is 10.2 Å². The molecule has 5 nitrogen and oxygen atoms in total. The average molecular weight is 199 g/mol. The normalized spacial score (nSPS) is 9.60. The van der Waals surface area contributed by atoms with Crippen LogP contribution in [0.25, 0.3) is 11.4 Å². The van der Waals surface area contributed by atoms with Crippen LogP contribution in [-0.4, -0.2) is 22.2 Å². The van der Waals surface area contributed by atoms with Crippen LogP contribution in [0, 0.1) is 11.5 Å². The molecular weight excluding hydrogens is 190 g/mol. The number of H-pyrrole nitrogens is 1. The molecule has 15 heavy (non-hydrogen) atoms. The SMILES string of the molecule is CN(C#N)c1ccc(-c2ccc[nH]2)nn1. The predicted molar refractivity (Wildman–Crippen MR) is 55.8 cm³/mol. The van der Waals surface area contributed by atoms with Crippen LogP contribution in [0.15, 0.2) is 30.5 Å². The number of rotatable bonds is 2. The molecule has 2 rings (SSSR count). The molecule has 0 aliphatic heterocycles. The second-order valence-corrected chi connectivity index (χ2v) is 3.02. The Bertz CT molecular complexity index is 466. The van der Waals surface area contributed by atoms with E-state index in [0.717, 1.165) is 11.4 Å². The van der Waals surface area contributed by atoms with Crippen molar-refractivity contribution in [2.24, 2.45) is 0 Å². The molecule has 0 bridgehead atoms. The van der Waals surface area contributed by atoms with E-state index in [0.29, 0.717) is 5.82 Å². The summed E-state index contributed by atoms with van der Waals surface area (Å²) in [6.07, 6.45) is 3.78. The van der Waals surface area contributed by atoms with Gasteiger partial charge in [-0.3, -0.25) is 4.90 Å². The Morgan fingerprint density at radius 1 is 1.33 bits per heavy atom. The Hall–Kier alpha value is -2.35. The molecule has 2 aromatic rings.